The van der Waals surface area contributed by atoms with Gasteiger partial charge < -0.3 is 4.90 Å². The lowest BCUT2D eigenvalue weighted by molar-refractivity contribution is -0.323. The summed E-state index contributed by atoms with van der Waals surface area (Å²) in [5.41, 5.74) is 2.44. The Morgan fingerprint density at radius 1 is 1.15 bits per heavy atom. The van der Waals surface area contributed by atoms with Gasteiger partial charge in [-0.15, -0.1) is 11.3 Å². The molecule has 0 radical (unpaired) electrons. The van der Waals surface area contributed by atoms with Crippen LogP contribution in [0.4, 0.5) is 5.82 Å². The van der Waals surface area contributed by atoms with Gasteiger partial charge in [-0.1, -0.05) is 30.3 Å². The number of hydrogen-bond donors (Lipinski definition) is 0. The summed E-state index contributed by atoms with van der Waals surface area (Å²) < 4.78 is 0. The van der Waals surface area contributed by atoms with Crippen LogP contribution in [0.15, 0.2) is 42.0 Å². The number of benzene rings is 1. The molecule has 3 aromatic rings. The van der Waals surface area contributed by atoms with Gasteiger partial charge in [0.25, 0.3) is 0 Å². The molecular formula is C21H25N3O2S. The quantitative estimate of drug-likeness (QED) is 0.446. The first kappa shape index (κ1) is 18.3. The van der Waals surface area contributed by atoms with Gasteiger partial charge in [-0.3, -0.25) is 0 Å². The van der Waals surface area contributed by atoms with E-state index < -0.39 is 0 Å². The lowest BCUT2D eigenvalue weighted by Gasteiger charge is -2.33. The van der Waals surface area contributed by atoms with Crippen molar-refractivity contribution in [2.24, 2.45) is 5.92 Å². The van der Waals surface area contributed by atoms with Crippen molar-refractivity contribution in [3.8, 4) is 11.1 Å². The van der Waals surface area contributed by atoms with Crippen LogP contribution in [0.2, 0.25) is 0 Å². The molecule has 1 aromatic carbocycles. The maximum Gasteiger partial charge on any atom is 0.141 e. The van der Waals surface area contributed by atoms with E-state index in [1.54, 1.807) is 17.7 Å². The number of thiophene rings is 1. The molecule has 27 heavy (non-hydrogen) atoms. The molecule has 3 heterocycles. The van der Waals surface area contributed by atoms with Gasteiger partial charge in [0.05, 0.1) is 18.1 Å². The zero-order valence-corrected chi connectivity index (χ0v) is 16.6. The number of nitrogens with zero attached hydrogens (tertiary/aromatic N) is 3. The zero-order chi connectivity index (χ0) is 18.6. The summed E-state index contributed by atoms with van der Waals surface area (Å²) in [6.45, 7) is 6.58. The normalized spacial score (nSPS) is 15.7. The third-order valence-electron chi connectivity index (χ3n) is 4.91. The highest BCUT2D eigenvalue weighted by molar-refractivity contribution is 7.17. The fourth-order valence-corrected chi connectivity index (χ4v) is 4.42. The van der Waals surface area contributed by atoms with Gasteiger partial charge in [-0.2, -0.15) is 0 Å². The van der Waals surface area contributed by atoms with Crippen LogP contribution in [0.25, 0.3) is 21.3 Å². The molecule has 1 aliphatic rings. The molecule has 2 aromatic heterocycles. The molecule has 0 N–H and O–H groups in total. The van der Waals surface area contributed by atoms with Gasteiger partial charge in [0, 0.05) is 24.0 Å². The standard InChI is InChI=1S/C21H25N3O2S/c1-15(2)26-25-12-16-8-10-24(11-9-16)20-19-18(17-6-4-3-5-7-17)13-27-21(19)23-14-22-20/h3-7,13-16H,8-12H2,1-2H3. The molecule has 1 fully saturated rings. The number of aromatic nitrogens is 2. The van der Waals surface area contributed by atoms with Gasteiger partial charge >= 0.3 is 0 Å². The SMILES string of the molecule is CC(C)OOCC1CCN(c2ncnc3scc(-c4ccccc4)c23)CC1. The van der Waals surface area contributed by atoms with Gasteiger partial charge in [0.2, 0.25) is 0 Å². The van der Waals surface area contributed by atoms with Crippen molar-refractivity contribution in [1.29, 1.82) is 0 Å². The van der Waals surface area contributed by atoms with Crippen molar-refractivity contribution in [1.82, 2.24) is 9.97 Å². The molecule has 0 aliphatic carbocycles. The Kier molecular flexibility index (Phi) is 5.66. The van der Waals surface area contributed by atoms with E-state index in [9.17, 15) is 0 Å². The Morgan fingerprint density at radius 2 is 1.93 bits per heavy atom. The van der Waals surface area contributed by atoms with Crippen LogP contribution >= 0.6 is 11.3 Å². The van der Waals surface area contributed by atoms with E-state index in [-0.39, 0.29) is 6.10 Å². The van der Waals surface area contributed by atoms with E-state index >= 15 is 0 Å². The fraction of sp³-hybridized carbons (Fsp3) is 0.429. The second-order valence-electron chi connectivity index (χ2n) is 7.25. The van der Waals surface area contributed by atoms with Gasteiger partial charge in [0.15, 0.2) is 0 Å². The molecule has 6 heteroatoms. The summed E-state index contributed by atoms with van der Waals surface area (Å²) in [7, 11) is 0. The Balaban J connectivity index is 1.52. The summed E-state index contributed by atoms with van der Waals surface area (Å²) in [6.07, 6.45) is 3.96. The molecule has 1 aliphatic heterocycles. The van der Waals surface area contributed by atoms with Crippen molar-refractivity contribution >= 4 is 27.4 Å². The Labute approximate surface area is 163 Å². The van der Waals surface area contributed by atoms with Crippen molar-refractivity contribution < 1.29 is 9.78 Å². The van der Waals surface area contributed by atoms with Crippen LogP contribution in [-0.2, 0) is 9.78 Å². The van der Waals surface area contributed by atoms with E-state index in [0.29, 0.717) is 12.5 Å². The predicted octanol–water partition coefficient (Wildman–Crippen LogP) is 4.93. The maximum atomic E-state index is 5.37. The zero-order valence-electron chi connectivity index (χ0n) is 15.8. The van der Waals surface area contributed by atoms with Crippen molar-refractivity contribution in [2.75, 3.05) is 24.6 Å². The summed E-state index contributed by atoms with van der Waals surface area (Å²) in [5, 5.41) is 3.37. The van der Waals surface area contributed by atoms with E-state index in [0.717, 1.165) is 36.6 Å². The van der Waals surface area contributed by atoms with E-state index in [2.05, 4.69) is 44.5 Å². The molecule has 0 atom stereocenters. The number of hydrogen-bond acceptors (Lipinski definition) is 6. The molecule has 1 saturated heterocycles. The Morgan fingerprint density at radius 3 is 2.67 bits per heavy atom. The third kappa shape index (κ3) is 4.13. The summed E-state index contributed by atoms with van der Waals surface area (Å²) in [4.78, 5) is 23.2. The molecule has 0 spiro atoms. The number of anilines is 1. The molecule has 0 unspecified atom stereocenters. The van der Waals surface area contributed by atoms with Gasteiger partial charge in [-0.05, 0) is 38.2 Å². The first-order valence-corrected chi connectivity index (χ1v) is 10.4. The predicted molar refractivity (Wildman–Crippen MR) is 110 cm³/mol. The molecule has 0 saturated carbocycles. The molecule has 0 amide bonds. The summed E-state index contributed by atoms with van der Waals surface area (Å²) in [6, 6.07) is 10.5. The first-order valence-electron chi connectivity index (χ1n) is 9.53. The third-order valence-corrected chi connectivity index (χ3v) is 5.80. The molecule has 0 bridgehead atoms. The first-order chi connectivity index (χ1) is 13.2. The summed E-state index contributed by atoms with van der Waals surface area (Å²) in [5.74, 6) is 1.59. The lowest BCUT2D eigenvalue weighted by Crippen LogP contribution is -2.35. The highest BCUT2D eigenvalue weighted by Gasteiger charge is 2.24. The van der Waals surface area contributed by atoms with Crippen LogP contribution in [0.3, 0.4) is 0 Å². The van der Waals surface area contributed by atoms with E-state index in [4.69, 9.17) is 9.78 Å². The smallest absolute Gasteiger partial charge is 0.141 e. The van der Waals surface area contributed by atoms with Crippen molar-refractivity contribution in [3.63, 3.8) is 0 Å². The average Bonchev–Trinajstić information content (AvgIpc) is 3.13. The highest BCUT2D eigenvalue weighted by Crippen LogP contribution is 2.38. The topological polar surface area (TPSA) is 47.5 Å². The van der Waals surface area contributed by atoms with Crippen LogP contribution in [-0.4, -0.2) is 35.8 Å². The lowest BCUT2D eigenvalue weighted by atomic mass is 9.97. The average molecular weight is 384 g/mol. The monoisotopic (exact) mass is 383 g/mol. The molecular weight excluding hydrogens is 358 g/mol. The molecule has 5 nitrogen and oxygen atoms in total. The van der Waals surface area contributed by atoms with E-state index in [1.165, 1.54) is 16.5 Å². The number of fused-ring (bicyclic) bond motifs is 1. The Hall–Kier alpha value is -2.02. The van der Waals surface area contributed by atoms with Crippen LogP contribution in [0.1, 0.15) is 26.7 Å². The number of piperidine rings is 1. The fourth-order valence-electron chi connectivity index (χ4n) is 3.51. The summed E-state index contributed by atoms with van der Waals surface area (Å²) >= 11 is 1.69. The van der Waals surface area contributed by atoms with Crippen LogP contribution in [0, 0.1) is 5.92 Å². The highest BCUT2D eigenvalue weighted by atomic mass is 32.1. The van der Waals surface area contributed by atoms with Gasteiger partial charge in [0.1, 0.15) is 17.0 Å². The second kappa shape index (κ2) is 8.33. The second-order valence-corrected chi connectivity index (χ2v) is 8.11. The van der Waals surface area contributed by atoms with E-state index in [1.807, 2.05) is 19.9 Å². The van der Waals surface area contributed by atoms with Crippen molar-refractivity contribution in [3.05, 3.63) is 42.0 Å². The van der Waals surface area contributed by atoms with Crippen LogP contribution in [0.5, 0.6) is 0 Å². The maximum absolute atomic E-state index is 5.37. The molecule has 142 valence electrons. The molecule has 4 rings (SSSR count). The minimum atomic E-state index is 0.106. The minimum absolute atomic E-state index is 0.106. The Bertz CT molecular complexity index is 874. The largest absolute Gasteiger partial charge is 0.356 e. The minimum Gasteiger partial charge on any atom is -0.356 e. The van der Waals surface area contributed by atoms with Crippen LogP contribution < -0.4 is 4.90 Å². The van der Waals surface area contributed by atoms with Gasteiger partial charge in [-0.25, -0.2) is 19.7 Å². The number of rotatable bonds is 6. The van der Waals surface area contributed by atoms with Crippen molar-refractivity contribution in [2.45, 2.75) is 32.8 Å².